The summed E-state index contributed by atoms with van der Waals surface area (Å²) in [5, 5.41) is 18.2. The summed E-state index contributed by atoms with van der Waals surface area (Å²) in [6, 6.07) is 1.94. The molecule has 0 bridgehead atoms. The zero-order valence-corrected chi connectivity index (χ0v) is 8.05. The number of aromatic nitrogens is 6. The van der Waals surface area contributed by atoms with Crippen LogP contribution in [0.15, 0.2) is 12.3 Å². The van der Waals surface area contributed by atoms with Crippen LogP contribution in [-0.2, 0) is 20.6 Å². The number of anilines is 1. The Labute approximate surface area is 80.7 Å². The molecule has 1 N–H and O–H groups in total. The smallest absolute Gasteiger partial charge is 0.242 e. The highest BCUT2D eigenvalue weighted by Gasteiger charge is 2.02. The number of aryl methyl sites for hydroxylation is 2. The number of tetrazole rings is 1. The molecule has 0 fully saturated rings. The molecule has 0 aromatic carbocycles. The van der Waals surface area contributed by atoms with Gasteiger partial charge < -0.3 is 5.32 Å². The second-order valence-corrected chi connectivity index (χ2v) is 2.93. The van der Waals surface area contributed by atoms with Crippen LogP contribution in [0.4, 0.5) is 5.95 Å². The van der Waals surface area contributed by atoms with Gasteiger partial charge in [0.05, 0.1) is 12.2 Å². The van der Waals surface area contributed by atoms with Crippen LogP contribution in [-0.4, -0.2) is 30.0 Å². The first-order valence-corrected chi connectivity index (χ1v) is 4.20. The van der Waals surface area contributed by atoms with E-state index in [4.69, 9.17) is 0 Å². The first-order chi connectivity index (χ1) is 6.77. The van der Waals surface area contributed by atoms with Crippen LogP contribution >= 0.6 is 0 Å². The van der Waals surface area contributed by atoms with Gasteiger partial charge in [0.25, 0.3) is 0 Å². The number of nitrogens with one attached hydrogen (secondary N) is 1. The van der Waals surface area contributed by atoms with Gasteiger partial charge in [-0.1, -0.05) is 5.10 Å². The molecule has 0 saturated carbocycles. The Hall–Kier alpha value is -1.92. The van der Waals surface area contributed by atoms with Gasteiger partial charge >= 0.3 is 0 Å². The highest BCUT2D eigenvalue weighted by Crippen LogP contribution is 2.01. The van der Waals surface area contributed by atoms with Crippen molar-refractivity contribution in [3.05, 3.63) is 18.0 Å². The molecule has 0 aliphatic heterocycles. The summed E-state index contributed by atoms with van der Waals surface area (Å²) in [6.07, 6.45) is 1.76. The van der Waals surface area contributed by atoms with E-state index in [0.29, 0.717) is 12.5 Å². The third-order valence-electron chi connectivity index (χ3n) is 1.97. The van der Waals surface area contributed by atoms with E-state index in [1.165, 1.54) is 0 Å². The SMILES string of the molecule is Cn1nccc1CNc1nnnn1C. The molecule has 0 aliphatic rings. The van der Waals surface area contributed by atoms with Gasteiger partial charge in [-0.05, 0) is 16.5 Å². The molecular weight excluding hydrogens is 182 g/mol. The van der Waals surface area contributed by atoms with E-state index < -0.39 is 0 Å². The van der Waals surface area contributed by atoms with Gasteiger partial charge in [0, 0.05) is 20.3 Å². The van der Waals surface area contributed by atoms with E-state index in [9.17, 15) is 0 Å². The van der Waals surface area contributed by atoms with Crippen LogP contribution in [0.5, 0.6) is 0 Å². The standard InChI is InChI=1S/C7H11N7/c1-13-6(3-4-9-13)5-8-7-10-11-12-14(7)2/h3-4H,5H2,1-2H3,(H,8,10,12). The van der Waals surface area contributed by atoms with Gasteiger partial charge in [-0.25, -0.2) is 4.68 Å². The molecule has 2 aromatic rings. The van der Waals surface area contributed by atoms with Crippen molar-refractivity contribution in [3.8, 4) is 0 Å². The quantitative estimate of drug-likeness (QED) is 0.715. The van der Waals surface area contributed by atoms with Gasteiger partial charge in [-0.3, -0.25) is 4.68 Å². The maximum Gasteiger partial charge on any atom is 0.242 e. The van der Waals surface area contributed by atoms with Crippen molar-refractivity contribution < 1.29 is 0 Å². The summed E-state index contributed by atoms with van der Waals surface area (Å²) in [5.74, 6) is 0.645. The molecular formula is C7H11N7. The molecule has 0 atom stereocenters. The van der Waals surface area contributed by atoms with Crippen LogP contribution in [0.1, 0.15) is 5.69 Å². The van der Waals surface area contributed by atoms with Gasteiger partial charge in [0.15, 0.2) is 0 Å². The Balaban J connectivity index is 2.02. The van der Waals surface area contributed by atoms with Gasteiger partial charge in [0.1, 0.15) is 0 Å². The number of nitrogens with zero attached hydrogens (tertiary/aromatic N) is 6. The average molecular weight is 193 g/mol. The predicted octanol–water partition coefficient (Wildman–Crippen LogP) is -0.444. The zero-order chi connectivity index (χ0) is 9.97. The van der Waals surface area contributed by atoms with Crippen molar-refractivity contribution in [2.45, 2.75) is 6.54 Å². The van der Waals surface area contributed by atoms with E-state index in [-0.39, 0.29) is 0 Å². The first-order valence-electron chi connectivity index (χ1n) is 4.20. The Kier molecular flexibility index (Phi) is 2.13. The molecule has 0 amide bonds. The fraction of sp³-hybridized carbons (Fsp3) is 0.429. The van der Waals surface area contributed by atoms with Crippen LogP contribution in [0.2, 0.25) is 0 Å². The lowest BCUT2D eigenvalue weighted by atomic mass is 10.4. The number of hydrogen-bond acceptors (Lipinski definition) is 5. The van der Waals surface area contributed by atoms with Crippen molar-refractivity contribution in [2.75, 3.05) is 5.32 Å². The van der Waals surface area contributed by atoms with E-state index in [0.717, 1.165) is 5.69 Å². The van der Waals surface area contributed by atoms with Crippen molar-refractivity contribution in [1.82, 2.24) is 30.0 Å². The fourth-order valence-electron chi connectivity index (χ4n) is 1.12. The second kappa shape index (κ2) is 3.44. The molecule has 0 saturated heterocycles. The third kappa shape index (κ3) is 1.56. The van der Waals surface area contributed by atoms with E-state index >= 15 is 0 Å². The molecule has 0 radical (unpaired) electrons. The largest absolute Gasteiger partial charge is 0.347 e. The normalized spacial score (nSPS) is 10.4. The van der Waals surface area contributed by atoms with Crippen LogP contribution in [0.25, 0.3) is 0 Å². The lowest BCUT2D eigenvalue weighted by molar-refractivity contribution is 0.701. The van der Waals surface area contributed by atoms with Crippen molar-refractivity contribution in [1.29, 1.82) is 0 Å². The number of hydrogen-bond donors (Lipinski definition) is 1. The topological polar surface area (TPSA) is 73.5 Å². The first kappa shape index (κ1) is 8.67. The molecule has 74 valence electrons. The molecule has 2 aromatic heterocycles. The maximum atomic E-state index is 4.06. The molecule has 0 spiro atoms. The van der Waals surface area contributed by atoms with Crippen molar-refractivity contribution in [3.63, 3.8) is 0 Å². The van der Waals surface area contributed by atoms with Crippen molar-refractivity contribution >= 4 is 5.95 Å². The maximum absolute atomic E-state index is 4.06. The molecule has 0 aliphatic carbocycles. The lowest BCUT2D eigenvalue weighted by Gasteiger charge is -2.03. The minimum atomic E-state index is 0.645. The van der Waals surface area contributed by atoms with Crippen LogP contribution in [0.3, 0.4) is 0 Å². The monoisotopic (exact) mass is 193 g/mol. The molecule has 7 nitrogen and oxygen atoms in total. The Morgan fingerprint density at radius 1 is 1.36 bits per heavy atom. The highest BCUT2D eigenvalue weighted by atomic mass is 15.6. The van der Waals surface area contributed by atoms with Crippen LogP contribution < -0.4 is 5.32 Å². The zero-order valence-electron chi connectivity index (χ0n) is 8.05. The van der Waals surface area contributed by atoms with E-state index in [1.54, 1.807) is 22.6 Å². The van der Waals surface area contributed by atoms with E-state index in [1.807, 2.05) is 13.1 Å². The molecule has 0 unspecified atom stereocenters. The fourth-order valence-corrected chi connectivity index (χ4v) is 1.12. The minimum Gasteiger partial charge on any atom is -0.347 e. The molecule has 2 rings (SSSR count). The Morgan fingerprint density at radius 2 is 2.21 bits per heavy atom. The average Bonchev–Trinajstić information content (AvgIpc) is 2.72. The molecule has 14 heavy (non-hydrogen) atoms. The van der Waals surface area contributed by atoms with Gasteiger partial charge in [0.2, 0.25) is 5.95 Å². The predicted molar refractivity (Wildman–Crippen MR) is 49.3 cm³/mol. The summed E-state index contributed by atoms with van der Waals surface area (Å²) in [6.45, 7) is 0.657. The van der Waals surface area contributed by atoms with Crippen LogP contribution in [0, 0.1) is 0 Å². The Bertz CT molecular complexity index is 375. The summed E-state index contributed by atoms with van der Waals surface area (Å²) in [5.41, 5.74) is 1.08. The van der Waals surface area contributed by atoms with Gasteiger partial charge in [-0.2, -0.15) is 5.10 Å². The minimum absolute atomic E-state index is 0.645. The Morgan fingerprint density at radius 3 is 2.79 bits per heavy atom. The number of rotatable bonds is 3. The second-order valence-electron chi connectivity index (χ2n) is 2.93. The highest BCUT2D eigenvalue weighted by molar-refractivity contribution is 5.22. The van der Waals surface area contributed by atoms with Gasteiger partial charge in [-0.15, -0.1) is 0 Å². The molecule has 2 heterocycles. The van der Waals surface area contributed by atoms with Crippen molar-refractivity contribution in [2.24, 2.45) is 14.1 Å². The summed E-state index contributed by atoms with van der Waals surface area (Å²) < 4.78 is 3.38. The van der Waals surface area contributed by atoms with E-state index in [2.05, 4.69) is 25.9 Å². The molecule has 7 heteroatoms. The lowest BCUT2D eigenvalue weighted by Crippen LogP contribution is -2.09. The summed E-state index contributed by atoms with van der Waals surface area (Å²) in [7, 11) is 3.68. The summed E-state index contributed by atoms with van der Waals surface area (Å²) in [4.78, 5) is 0. The summed E-state index contributed by atoms with van der Waals surface area (Å²) >= 11 is 0. The third-order valence-corrected chi connectivity index (χ3v) is 1.97.